The largest absolute Gasteiger partial charge is 0.497 e. The van der Waals surface area contributed by atoms with Crippen molar-refractivity contribution in [1.29, 1.82) is 0 Å². The van der Waals surface area contributed by atoms with E-state index in [1.807, 2.05) is 59.5 Å². The molecule has 174 valence electrons. The van der Waals surface area contributed by atoms with Crippen molar-refractivity contribution >= 4 is 22.6 Å². The number of methoxy groups -OCH3 is 1. The topological polar surface area (TPSA) is 56.6 Å². The van der Waals surface area contributed by atoms with Crippen molar-refractivity contribution in [3.8, 4) is 11.5 Å². The molecular weight excluding hydrogens is 426 g/mol. The van der Waals surface area contributed by atoms with E-state index in [1.165, 1.54) is 5.56 Å². The number of benzene rings is 3. The lowest BCUT2D eigenvalue weighted by Crippen LogP contribution is -2.24. The van der Waals surface area contributed by atoms with Gasteiger partial charge in [-0.2, -0.15) is 0 Å². The molecule has 1 atom stereocenters. The Kier molecular flexibility index (Phi) is 6.21. The fraction of sp³-hybridized carbons (Fsp3) is 0.286. The normalized spacial score (nSPS) is 15.8. The van der Waals surface area contributed by atoms with E-state index in [4.69, 9.17) is 14.5 Å². The van der Waals surface area contributed by atoms with Crippen LogP contribution in [0.1, 0.15) is 30.1 Å². The average molecular weight is 456 g/mol. The Morgan fingerprint density at radius 1 is 1.00 bits per heavy atom. The molecule has 0 unspecified atom stereocenters. The molecule has 2 heterocycles. The van der Waals surface area contributed by atoms with E-state index in [2.05, 4.69) is 29.7 Å². The van der Waals surface area contributed by atoms with Gasteiger partial charge in [0.05, 0.1) is 24.8 Å². The molecule has 6 nitrogen and oxygen atoms in total. The van der Waals surface area contributed by atoms with Gasteiger partial charge in [-0.05, 0) is 49.7 Å². The number of hydrogen-bond donors (Lipinski definition) is 0. The molecule has 1 amide bonds. The van der Waals surface area contributed by atoms with E-state index in [-0.39, 0.29) is 11.8 Å². The second kappa shape index (κ2) is 9.59. The van der Waals surface area contributed by atoms with Crippen LogP contribution in [0.2, 0.25) is 0 Å². The van der Waals surface area contributed by atoms with Crippen LogP contribution >= 0.6 is 0 Å². The van der Waals surface area contributed by atoms with Gasteiger partial charge in [-0.1, -0.05) is 35.9 Å². The van der Waals surface area contributed by atoms with Gasteiger partial charge in [0.2, 0.25) is 5.91 Å². The molecule has 0 aliphatic carbocycles. The number of hydrogen-bond acceptors (Lipinski definition) is 4. The van der Waals surface area contributed by atoms with Gasteiger partial charge in [0, 0.05) is 37.2 Å². The van der Waals surface area contributed by atoms with Crippen molar-refractivity contribution in [2.45, 2.75) is 32.2 Å². The smallest absolute Gasteiger partial charge is 0.227 e. The lowest BCUT2D eigenvalue weighted by molar-refractivity contribution is -0.117. The van der Waals surface area contributed by atoms with Crippen LogP contribution in [0.15, 0.2) is 72.8 Å². The first-order valence-electron chi connectivity index (χ1n) is 11.7. The molecule has 6 heteroatoms. The number of amides is 1. The predicted octanol–water partition coefficient (Wildman–Crippen LogP) is 5.34. The fourth-order valence-corrected chi connectivity index (χ4v) is 4.60. The van der Waals surface area contributed by atoms with Crippen LogP contribution in [0, 0.1) is 6.92 Å². The zero-order valence-corrected chi connectivity index (χ0v) is 19.6. The van der Waals surface area contributed by atoms with Gasteiger partial charge in [0.25, 0.3) is 0 Å². The average Bonchev–Trinajstić information content (AvgIpc) is 3.43. The maximum atomic E-state index is 13.0. The Morgan fingerprint density at radius 3 is 2.65 bits per heavy atom. The number of para-hydroxylation sites is 2. The van der Waals surface area contributed by atoms with Crippen LogP contribution in [0.25, 0.3) is 11.0 Å². The number of nitrogens with zero attached hydrogens (tertiary/aromatic N) is 3. The third-order valence-electron chi connectivity index (χ3n) is 6.36. The molecule has 5 rings (SSSR count). The second-order valence-corrected chi connectivity index (χ2v) is 8.73. The zero-order chi connectivity index (χ0) is 23.5. The van der Waals surface area contributed by atoms with E-state index < -0.39 is 0 Å². The predicted molar refractivity (Wildman–Crippen MR) is 134 cm³/mol. The highest BCUT2D eigenvalue weighted by Gasteiger charge is 2.35. The Hall–Kier alpha value is -3.80. The van der Waals surface area contributed by atoms with Crippen LogP contribution in [0.4, 0.5) is 5.69 Å². The van der Waals surface area contributed by atoms with E-state index in [0.29, 0.717) is 19.6 Å². The SMILES string of the molecule is COc1cccc(N2C[C@@H](c3nc4ccccc4n3CCCOc3ccc(C)cc3)CC2=O)c1. The molecule has 0 bridgehead atoms. The number of aryl methyl sites for hydroxylation is 2. The van der Waals surface area contributed by atoms with Crippen molar-refractivity contribution in [3.63, 3.8) is 0 Å². The number of aromatic nitrogens is 2. The van der Waals surface area contributed by atoms with Gasteiger partial charge in [-0.15, -0.1) is 0 Å². The van der Waals surface area contributed by atoms with Gasteiger partial charge >= 0.3 is 0 Å². The fourth-order valence-electron chi connectivity index (χ4n) is 4.60. The Labute approximate surface area is 199 Å². The van der Waals surface area contributed by atoms with Crippen molar-refractivity contribution in [2.75, 3.05) is 25.2 Å². The third kappa shape index (κ3) is 4.49. The van der Waals surface area contributed by atoms with Gasteiger partial charge in [-0.25, -0.2) is 4.98 Å². The number of imidazole rings is 1. The summed E-state index contributed by atoms with van der Waals surface area (Å²) in [6.45, 7) is 4.08. The molecule has 0 spiro atoms. The summed E-state index contributed by atoms with van der Waals surface area (Å²) < 4.78 is 13.6. The highest BCUT2D eigenvalue weighted by molar-refractivity contribution is 5.96. The van der Waals surface area contributed by atoms with E-state index in [1.54, 1.807) is 7.11 Å². The maximum Gasteiger partial charge on any atom is 0.227 e. The minimum Gasteiger partial charge on any atom is -0.497 e. The lowest BCUT2D eigenvalue weighted by atomic mass is 10.1. The van der Waals surface area contributed by atoms with Crippen LogP contribution in [-0.2, 0) is 11.3 Å². The number of carbonyl (C=O) groups is 1. The van der Waals surface area contributed by atoms with Crippen molar-refractivity contribution < 1.29 is 14.3 Å². The molecule has 0 radical (unpaired) electrons. The first-order valence-corrected chi connectivity index (χ1v) is 11.7. The highest BCUT2D eigenvalue weighted by atomic mass is 16.5. The van der Waals surface area contributed by atoms with E-state index >= 15 is 0 Å². The summed E-state index contributed by atoms with van der Waals surface area (Å²) in [6.07, 6.45) is 1.29. The highest BCUT2D eigenvalue weighted by Crippen LogP contribution is 2.34. The van der Waals surface area contributed by atoms with E-state index in [9.17, 15) is 4.79 Å². The Balaban J connectivity index is 1.34. The number of carbonyl (C=O) groups excluding carboxylic acids is 1. The van der Waals surface area contributed by atoms with Crippen LogP contribution in [0.5, 0.6) is 11.5 Å². The van der Waals surface area contributed by atoms with Crippen LogP contribution < -0.4 is 14.4 Å². The molecule has 3 aromatic carbocycles. The zero-order valence-electron chi connectivity index (χ0n) is 19.6. The van der Waals surface area contributed by atoms with Crippen molar-refractivity contribution in [1.82, 2.24) is 9.55 Å². The molecule has 4 aromatic rings. The van der Waals surface area contributed by atoms with Gasteiger partial charge in [0.1, 0.15) is 17.3 Å². The van der Waals surface area contributed by atoms with Gasteiger partial charge in [-0.3, -0.25) is 4.79 Å². The van der Waals surface area contributed by atoms with Crippen LogP contribution in [0.3, 0.4) is 0 Å². The molecule has 1 saturated heterocycles. The maximum absolute atomic E-state index is 13.0. The lowest BCUT2D eigenvalue weighted by Gasteiger charge is -2.18. The minimum atomic E-state index is 0.0316. The Bertz CT molecular complexity index is 1300. The molecule has 1 aromatic heterocycles. The summed E-state index contributed by atoms with van der Waals surface area (Å²) in [4.78, 5) is 19.8. The molecule has 34 heavy (non-hydrogen) atoms. The number of ether oxygens (including phenoxy) is 2. The summed E-state index contributed by atoms with van der Waals surface area (Å²) in [6, 6.07) is 24.0. The Morgan fingerprint density at radius 2 is 1.82 bits per heavy atom. The summed E-state index contributed by atoms with van der Waals surface area (Å²) in [5, 5.41) is 0. The minimum absolute atomic E-state index is 0.0316. The molecule has 0 saturated carbocycles. The summed E-state index contributed by atoms with van der Waals surface area (Å²) in [7, 11) is 1.64. The van der Waals surface area contributed by atoms with Gasteiger partial charge < -0.3 is 18.9 Å². The molecule has 0 N–H and O–H groups in total. The first kappa shape index (κ1) is 22.0. The molecule has 1 aliphatic heterocycles. The quantitative estimate of drug-likeness (QED) is 0.337. The van der Waals surface area contributed by atoms with Crippen LogP contribution in [-0.4, -0.2) is 35.7 Å². The number of anilines is 1. The standard InChI is InChI=1S/C28H29N3O3/c1-20-11-13-23(14-12-20)34-16-6-15-30-26-10-4-3-9-25(26)29-28(30)21-17-27(32)31(19-21)22-7-5-8-24(18-22)33-2/h3-5,7-14,18,21H,6,15-17,19H2,1-2H3/t21-/m0/s1. The van der Waals surface area contributed by atoms with E-state index in [0.717, 1.165) is 47.0 Å². The number of rotatable bonds is 8. The van der Waals surface area contributed by atoms with Crippen molar-refractivity contribution in [2.24, 2.45) is 0 Å². The monoisotopic (exact) mass is 455 g/mol. The summed E-state index contributed by atoms with van der Waals surface area (Å²) in [5.41, 5.74) is 4.14. The molecular formula is C28H29N3O3. The molecule has 1 aliphatic rings. The summed E-state index contributed by atoms with van der Waals surface area (Å²) >= 11 is 0. The first-order chi connectivity index (χ1) is 16.6. The van der Waals surface area contributed by atoms with Gasteiger partial charge in [0.15, 0.2) is 0 Å². The summed E-state index contributed by atoms with van der Waals surface area (Å²) in [5.74, 6) is 2.74. The number of fused-ring (bicyclic) bond motifs is 1. The van der Waals surface area contributed by atoms with Crippen molar-refractivity contribution in [3.05, 3.63) is 84.2 Å². The third-order valence-corrected chi connectivity index (χ3v) is 6.36. The molecule has 1 fully saturated rings. The second-order valence-electron chi connectivity index (χ2n) is 8.73.